The Kier molecular flexibility index (Phi) is 2.87. The zero-order valence-electron chi connectivity index (χ0n) is 10.7. The van der Waals surface area contributed by atoms with E-state index >= 15 is 0 Å². The number of nitrogens with zero attached hydrogens (tertiary/aromatic N) is 1. The number of rotatable bonds is 2. The van der Waals surface area contributed by atoms with E-state index in [4.69, 9.17) is 5.73 Å². The second-order valence-corrected chi connectivity index (χ2v) is 6.39. The zero-order valence-corrected chi connectivity index (χ0v) is 11.5. The summed E-state index contributed by atoms with van der Waals surface area (Å²) >= 11 is 0. The summed E-state index contributed by atoms with van der Waals surface area (Å²) in [4.78, 5) is -0.181. The van der Waals surface area contributed by atoms with E-state index in [0.717, 1.165) is 12.1 Å². The summed E-state index contributed by atoms with van der Waals surface area (Å²) in [5, 5.41) is 10.0. The summed E-state index contributed by atoms with van der Waals surface area (Å²) in [6, 6.07) is 11.1. The van der Waals surface area contributed by atoms with Crippen LogP contribution in [0.25, 0.3) is 10.9 Å². The fourth-order valence-electron chi connectivity index (χ4n) is 2.24. The SMILES string of the molecule is Nc1c(S(=O)(=O)c2ccccc2)c2ccc(F)cc2n1O. The molecule has 2 aromatic carbocycles. The highest BCUT2D eigenvalue weighted by Gasteiger charge is 2.28. The van der Waals surface area contributed by atoms with E-state index in [-0.39, 0.29) is 26.5 Å². The monoisotopic (exact) mass is 306 g/mol. The maximum Gasteiger partial charge on any atom is 0.210 e. The van der Waals surface area contributed by atoms with Crippen molar-refractivity contribution in [3.8, 4) is 0 Å². The molecule has 21 heavy (non-hydrogen) atoms. The molecule has 0 saturated carbocycles. The van der Waals surface area contributed by atoms with Crippen molar-refractivity contribution in [3.05, 3.63) is 54.3 Å². The number of hydrogen-bond donors (Lipinski definition) is 2. The maximum atomic E-state index is 13.3. The van der Waals surface area contributed by atoms with Gasteiger partial charge >= 0.3 is 0 Å². The van der Waals surface area contributed by atoms with E-state index in [2.05, 4.69) is 0 Å². The van der Waals surface area contributed by atoms with Crippen LogP contribution >= 0.6 is 0 Å². The first-order chi connectivity index (χ1) is 9.93. The highest BCUT2D eigenvalue weighted by Crippen LogP contribution is 2.35. The molecule has 3 N–H and O–H groups in total. The average molecular weight is 306 g/mol. The molecule has 0 aliphatic heterocycles. The Hall–Kier alpha value is -2.54. The van der Waals surface area contributed by atoms with Crippen molar-refractivity contribution in [3.63, 3.8) is 0 Å². The van der Waals surface area contributed by atoms with E-state index in [0.29, 0.717) is 4.73 Å². The lowest BCUT2D eigenvalue weighted by molar-refractivity contribution is 0.205. The largest absolute Gasteiger partial charge is 0.426 e. The van der Waals surface area contributed by atoms with Crippen LogP contribution < -0.4 is 5.73 Å². The Morgan fingerprint density at radius 1 is 1.10 bits per heavy atom. The quantitative estimate of drug-likeness (QED) is 0.712. The number of benzene rings is 2. The highest BCUT2D eigenvalue weighted by molar-refractivity contribution is 7.92. The first-order valence-corrected chi connectivity index (χ1v) is 7.50. The molecular formula is C14H11FN2O3S. The first kappa shape index (κ1) is 13.4. The van der Waals surface area contributed by atoms with Crippen molar-refractivity contribution in [2.45, 2.75) is 9.79 Å². The Bertz CT molecular complexity index is 934. The minimum atomic E-state index is -3.92. The van der Waals surface area contributed by atoms with E-state index in [1.807, 2.05) is 0 Å². The molecule has 0 atom stereocenters. The Balaban J connectivity index is 2.39. The van der Waals surface area contributed by atoms with Gasteiger partial charge in [-0.05, 0) is 24.3 Å². The molecule has 7 heteroatoms. The molecule has 0 spiro atoms. The summed E-state index contributed by atoms with van der Waals surface area (Å²) in [6.45, 7) is 0. The minimum absolute atomic E-state index is 0.00186. The molecule has 0 fully saturated rings. The van der Waals surface area contributed by atoms with Gasteiger partial charge in [-0.1, -0.05) is 18.2 Å². The highest BCUT2D eigenvalue weighted by atomic mass is 32.2. The molecule has 5 nitrogen and oxygen atoms in total. The van der Waals surface area contributed by atoms with Crippen molar-refractivity contribution in [1.82, 2.24) is 4.73 Å². The van der Waals surface area contributed by atoms with Crippen molar-refractivity contribution in [1.29, 1.82) is 0 Å². The summed E-state index contributed by atoms with van der Waals surface area (Å²) in [7, 11) is -3.92. The van der Waals surface area contributed by atoms with Gasteiger partial charge in [-0.15, -0.1) is 0 Å². The van der Waals surface area contributed by atoms with E-state index in [1.165, 1.54) is 18.2 Å². The zero-order chi connectivity index (χ0) is 15.2. The molecule has 3 aromatic rings. The average Bonchev–Trinajstić information content (AvgIpc) is 2.72. The summed E-state index contributed by atoms with van der Waals surface area (Å²) in [5.74, 6) is -0.946. The van der Waals surface area contributed by atoms with Gasteiger partial charge in [-0.3, -0.25) is 0 Å². The van der Waals surface area contributed by atoms with Crippen LogP contribution in [0.5, 0.6) is 0 Å². The van der Waals surface area contributed by atoms with Gasteiger partial charge in [0.1, 0.15) is 10.7 Å². The van der Waals surface area contributed by atoms with Crippen molar-refractivity contribution < 1.29 is 18.0 Å². The van der Waals surface area contributed by atoms with Gasteiger partial charge in [-0.25, -0.2) is 12.8 Å². The number of halogens is 1. The fourth-order valence-corrected chi connectivity index (χ4v) is 3.81. The predicted octanol–water partition coefficient (Wildman–Crippen LogP) is 2.43. The number of aromatic nitrogens is 1. The third-order valence-corrected chi connectivity index (χ3v) is 5.07. The number of nitrogens with two attached hydrogens (primary N) is 1. The molecular weight excluding hydrogens is 295 g/mol. The van der Waals surface area contributed by atoms with Crippen LogP contribution in [0.4, 0.5) is 10.2 Å². The molecule has 3 rings (SSSR count). The summed E-state index contributed by atoms with van der Waals surface area (Å²) < 4.78 is 39.1. The van der Waals surface area contributed by atoms with Gasteiger partial charge in [0, 0.05) is 11.5 Å². The van der Waals surface area contributed by atoms with Gasteiger partial charge in [0.25, 0.3) is 0 Å². The standard InChI is InChI=1S/C14H11FN2O3S/c15-9-6-7-11-12(8-9)17(18)14(16)13(11)21(19,20)10-4-2-1-3-5-10/h1-8,18H,16H2. The maximum absolute atomic E-state index is 13.3. The molecule has 0 unspecified atom stereocenters. The van der Waals surface area contributed by atoms with Crippen molar-refractivity contribution in [2.24, 2.45) is 0 Å². The van der Waals surface area contributed by atoms with Crippen LogP contribution in [0, 0.1) is 5.82 Å². The van der Waals surface area contributed by atoms with Crippen molar-refractivity contribution >= 4 is 26.6 Å². The van der Waals surface area contributed by atoms with Gasteiger partial charge in [0.2, 0.25) is 9.84 Å². The third-order valence-electron chi connectivity index (χ3n) is 3.22. The molecule has 108 valence electrons. The smallest absolute Gasteiger partial charge is 0.210 e. The van der Waals surface area contributed by atoms with Crippen LogP contribution in [0.1, 0.15) is 0 Å². The third kappa shape index (κ3) is 1.93. The fraction of sp³-hybridized carbons (Fsp3) is 0. The lowest BCUT2D eigenvalue weighted by Crippen LogP contribution is -2.06. The molecule has 1 heterocycles. The minimum Gasteiger partial charge on any atom is -0.426 e. The number of sulfone groups is 1. The van der Waals surface area contributed by atoms with E-state index in [1.54, 1.807) is 18.2 Å². The van der Waals surface area contributed by atoms with Gasteiger partial charge in [0.05, 0.1) is 10.4 Å². The van der Waals surface area contributed by atoms with Crippen LogP contribution in [0.2, 0.25) is 0 Å². The Morgan fingerprint density at radius 2 is 1.76 bits per heavy atom. The lowest BCUT2D eigenvalue weighted by Gasteiger charge is -2.04. The Labute approximate surface area is 119 Å². The lowest BCUT2D eigenvalue weighted by atomic mass is 10.2. The second kappa shape index (κ2) is 4.49. The molecule has 1 aromatic heterocycles. The van der Waals surface area contributed by atoms with E-state index in [9.17, 15) is 18.0 Å². The topological polar surface area (TPSA) is 85.3 Å². The van der Waals surface area contributed by atoms with Crippen LogP contribution in [-0.4, -0.2) is 18.4 Å². The number of fused-ring (bicyclic) bond motifs is 1. The van der Waals surface area contributed by atoms with Gasteiger partial charge in [-0.2, -0.15) is 4.73 Å². The second-order valence-electron chi connectivity index (χ2n) is 4.50. The van der Waals surface area contributed by atoms with E-state index < -0.39 is 15.7 Å². The Morgan fingerprint density at radius 3 is 2.43 bits per heavy atom. The normalized spacial score (nSPS) is 11.9. The summed E-state index contributed by atoms with van der Waals surface area (Å²) in [6.07, 6.45) is 0. The van der Waals surface area contributed by atoms with Crippen molar-refractivity contribution in [2.75, 3.05) is 5.73 Å². The van der Waals surface area contributed by atoms with Crippen LogP contribution in [-0.2, 0) is 9.84 Å². The molecule has 0 radical (unpaired) electrons. The number of hydrogen-bond acceptors (Lipinski definition) is 4. The van der Waals surface area contributed by atoms with Crippen LogP contribution in [0.15, 0.2) is 58.3 Å². The molecule has 0 aliphatic carbocycles. The first-order valence-electron chi connectivity index (χ1n) is 6.02. The summed E-state index contributed by atoms with van der Waals surface area (Å²) in [5.41, 5.74) is 5.70. The number of anilines is 1. The number of nitrogen functional groups attached to an aromatic ring is 1. The molecule has 0 amide bonds. The van der Waals surface area contributed by atoms with Gasteiger partial charge < -0.3 is 10.9 Å². The van der Waals surface area contributed by atoms with Gasteiger partial charge in [0.15, 0.2) is 5.82 Å². The van der Waals surface area contributed by atoms with Crippen LogP contribution in [0.3, 0.4) is 0 Å². The molecule has 0 bridgehead atoms. The molecule has 0 saturated heterocycles. The predicted molar refractivity (Wildman–Crippen MR) is 75.4 cm³/mol. The molecule has 0 aliphatic rings.